The second kappa shape index (κ2) is 5.24. The topological polar surface area (TPSA) is 64.2 Å². The maximum Gasteiger partial charge on any atom is 0.220 e. The number of nitrogens with zero attached hydrogens (tertiary/aromatic N) is 3. The summed E-state index contributed by atoms with van der Waals surface area (Å²) in [5.74, 6) is -0.137. The van der Waals surface area contributed by atoms with E-state index in [1.54, 1.807) is 0 Å². The fraction of sp³-hybridized carbons (Fsp3) is 0.700. The number of aromatic nitrogens is 2. The van der Waals surface area contributed by atoms with Crippen LogP contribution in [0.25, 0.3) is 0 Å². The molecule has 0 unspecified atom stereocenters. The van der Waals surface area contributed by atoms with Crippen LogP contribution >= 0.6 is 23.6 Å². The highest BCUT2D eigenvalue weighted by molar-refractivity contribution is 7.73. The van der Waals surface area contributed by atoms with Crippen molar-refractivity contribution in [2.45, 2.75) is 26.4 Å². The van der Waals surface area contributed by atoms with Gasteiger partial charge in [0.15, 0.2) is 3.95 Å². The highest BCUT2D eigenvalue weighted by atomic mass is 32.1. The first-order valence-electron chi connectivity index (χ1n) is 5.62. The van der Waals surface area contributed by atoms with E-state index >= 15 is 0 Å². The van der Waals surface area contributed by atoms with Crippen molar-refractivity contribution in [3.05, 3.63) is 8.96 Å². The summed E-state index contributed by atoms with van der Waals surface area (Å²) in [7, 11) is 0. The number of hydrogen-bond acceptors (Lipinski definition) is 5. The Balaban J connectivity index is 1.92. The molecule has 0 saturated carbocycles. The molecule has 1 aliphatic rings. The second-order valence-corrected chi connectivity index (χ2v) is 6.15. The molecule has 7 heteroatoms. The molecule has 1 amide bonds. The number of amides is 1. The number of primary amides is 1. The summed E-state index contributed by atoms with van der Waals surface area (Å²) in [6, 6.07) is 0. The Morgan fingerprint density at radius 1 is 1.59 bits per heavy atom. The standard InChI is InChI=1S/C10H16N4OS2/c1-7-12-14(10(16)17-7)6-13-4-2-8(3-5-13)9(11)15/h8H,2-6H2,1H3,(H2,11,15). The molecular weight excluding hydrogens is 256 g/mol. The van der Waals surface area contributed by atoms with Gasteiger partial charge in [0.1, 0.15) is 5.01 Å². The first-order valence-corrected chi connectivity index (χ1v) is 6.85. The van der Waals surface area contributed by atoms with E-state index in [1.807, 2.05) is 11.6 Å². The van der Waals surface area contributed by atoms with E-state index in [4.69, 9.17) is 18.0 Å². The molecule has 1 saturated heterocycles. The van der Waals surface area contributed by atoms with Crippen molar-refractivity contribution >= 4 is 29.5 Å². The number of piperidine rings is 1. The molecule has 1 aromatic heterocycles. The van der Waals surface area contributed by atoms with E-state index in [0.717, 1.165) is 34.9 Å². The fourth-order valence-corrected chi connectivity index (χ4v) is 3.10. The van der Waals surface area contributed by atoms with Crippen LogP contribution in [0, 0.1) is 16.8 Å². The predicted octanol–water partition coefficient (Wildman–Crippen LogP) is 1.14. The third-order valence-corrected chi connectivity index (χ3v) is 4.25. The molecule has 0 radical (unpaired) electrons. The van der Waals surface area contributed by atoms with Crippen LogP contribution in [0.1, 0.15) is 17.8 Å². The lowest BCUT2D eigenvalue weighted by atomic mass is 9.97. The Morgan fingerprint density at radius 3 is 2.71 bits per heavy atom. The fourth-order valence-electron chi connectivity index (χ4n) is 2.05. The molecule has 0 atom stereocenters. The van der Waals surface area contributed by atoms with Gasteiger partial charge in [-0.2, -0.15) is 5.10 Å². The highest BCUT2D eigenvalue weighted by Gasteiger charge is 2.23. The van der Waals surface area contributed by atoms with Crippen molar-refractivity contribution in [2.75, 3.05) is 13.1 Å². The molecule has 0 aliphatic carbocycles. The number of carbonyl (C=O) groups is 1. The van der Waals surface area contributed by atoms with Gasteiger partial charge in [0.2, 0.25) is 5.91 Å². The van der Waals surface area contributed by atoms with Crippen LogP contribution in [0.4, 0.5) is 0 Å². The molecule has 1 fully saturated rings. The van der Waals surface area contributed by atoms with Gasteiger partial charge in [-0.1, -0.05) is 11.3 Å². The van der Waals surface area contributed by atoms with Crippen molar-refractivity contribution in [1.82, 2.24) is 14.7 Å². The van der Waals surface area contributed by atoms with Gasteiger partial charge in [-0.25, -0.2) is 4.68 Å². The third kappa shape index (κ3) is 3.11. The lowest BCUT2D eigenvalue weighted by Gasteiger charge is -2.29. The van der Waals surface area contributed by atoms with Crippen LogP contribution in [0.3, 0.4) is 0 Å². The maximum absolute atomic E-state index is 11.0. The summed E-state index contributed by atoms with van der Waals surface area (Å²) < 4.78 is 2.65. The predicted molar refractivity (Wildman–Crippen MR) is 69.2 cm³/mol. The Morgan fingerprint density at radius 2 is 2.24 bits per heavy atom. The summed E-state index contributed by atoms with van der Waals surface area (Å²) in [5.41, 5.74) is 5.30. The molecule has 94 valence electrons. The van der Waals surface area contributed by atoms with Gasteiger partial charge >= 0.3 is 0 Å². The SMILES string of the molecule is Cc1nn(CN2CCC(C(N)=O)CC2)c(=S)s1. The largest absolute Gasteiger partial charge is 0.369 e. The summed E-state index contributed by atoms with van der Waals surface area (Å²) in [4.78, 5) is 13.3. The van der Waals surface area contributed by atoms with Crippen molar-refractivity contribution in [1.29, 1.82) is 0 Å². The first kappa shape index (κ1) is 12.7. The average Bonchev–Trinajstić information content (AvgIpc) is 2.58. The van der Waals surface area contributed by atoms with Gasteiger partial charge < -0.3 is 5.73 Å². The summed E-state index contributed by atoms with van der Waals surface area (Å²) in [6.45, 7) is 4.43. The number of hydrogen-bond donors (Lipinski definition) is 1. The van der Waals surface area contributed by atoms with E-state index in [2.05, 4.69) is 10.00 Å². The van der Waals surface area contributed by atoms with E-state index in [-0.39, 0.29) is 11.8 Å². The quantitative estimate of drug-likeness (QED) is 0.838. The number of carbonyl (C=O) groups excluding carboxylic acids is 1. The van der Waals surface area contributed by atoms with Gasteiger partial charge in [-0.15, -0.1) is 0 Å². The summed E-state index contributed by atoms with van der Waals surface area (Å²) in [5, 5.41) is 5.34. The molecule has 2 heterocycles. The number of nitrogens with two attached hydrogens (primary N) is 1. The van der Waals surface area contributed by atoms with Crippen molar-refractivity contribution < 1.29 is 4.79 Å². The van der Waals surface area contributed by atoms with Crippen LogP contribution in [0.2, 0.25) is 0 Å². The third-order valence-electron chi connectivity index (χ3n) is 3.03. The van der Waals surface area contributed by atoms with Gasteiger partial charge in [0.25, 0.3) is 0 Å². The first-order chi connectivity index (χ1) is 8.06. The monoisotopic (exact) mass is 272 g/mol. The minimum atomic E-state index is -0.175. The van der Waals surface area contributed by atoms with Crippen LogP contribution in [0.15, 0.2) is 0 Å². The highest BCUT2D eigenvalue weighted by Crippen LogP contribution is 2.17. The maximum atomic E-state index is 11.0. The number of likely N-dealkylation sites (tertiary alicyclic amines) is 1. The second-order valence-electron chi connectivity index (χ2n) is 4.32. The van der Waals surface area contributed by atoms with E-state index in [1.165, 1.54) is 11.3 Å². The zero-order chi connectivity index (χ0) is 12.4. The Hall–Kier alpha value is -0.790. The Bertz CT molecular complexity index is 459. The molecule has 17 heavy (non-hydrogen) atoms. The van der Waals surface area contributed by atoms with Crippen molar-refractivity contribution in [3.8, 4) is 0 Å². The van der Waals surface area contributed by atoms with Crippen LogP contribution < -0.4 is 5.73 Å². The van der Waals surface area contributed by atoms with Gasteiger partial charge in [0.05, 0.1) is 6.67 Å². The molecule has 2 rings (SSSR count). The summed E-state index contributed by atoms with van der Waals surface area (Å²) >= 11 is 6.75. The minimum Gasteiger partial charge on any atom is -0.369 e. The van der Waals surface area contributed by atoms with E-state index < -0.39 is 0 Å². The molecule has 1 aromatic rings. The molecule has 2 N–H and O–H groups in total. The lowest BCUT2D eigenvalue weighted by molar-refractivity contribution is -0.123. The van der Waals surface area contributed by atoms with Crippen molar-refractivity contribution in [3.63, 3.8) is 0 Å². The molecular formula is C10H16N4OS2. The van der Waals surface area contributed by atoms with Gasteiger partial charge in [-0.3, -0.25) is 9.69 Å². The molecule has 0 spiro atoms. The van der Waals surface area contributed by atoms with Crippen LogP contribution in [0.5, 0.6) is 0 Å². The average molecular weight is 272 g/mol. The van der Waals surface area contributed by atoms with E-state index in [0.29, 0.717) is 6.67 Å². The normalized spacial score (nSPS) is 18.4. The van der Waals surface area contributed by atoms with Crippen LogP contribution in [-0.4, -0.2) is 33.7 Å². The lowest BCUT2D eigenvalue weighted by Crippen LogP contribution is -2.39. The Kier molecular flexibility index (Phi) is 3.90. The molecule has 0 aromatic carbocycles. The number of rotatable bonds is 3. The van der Waals surface area contributed by atoms with Gasteiger partial charge in [0, 0.05) is 19.0 Å². The molecule has 0 bridgehead atoms. The zero-order valence-corrected chi connectivity index (χ0v) is 11.4. The van der Waals surface area contributed by atoms with Crippen molar-refractivity contribution in [2.24, 2.45) is 11.7 Å². The van der Waals surface area contributed by atoms with Crippen LogP contribution in [-0.2, 0) is 11.5 Å². The van der Waals surface area contributed by atoms with Gasteiger partial charge in [-0.05, 0) is 32.0 Å². The smallest absolute Gasteiger partial charge is 0.220 e. The zero-order valence-electron chi connectivity index (χ0n) is 9.76. The minimum absolute atomic E-state index is 0.0383. The summed E-state index contributed by atoms with van der Waals surface area (Å²) in [6.07, 6.45) is 1.68. The van der Waals surface area contributed by atoms with E-state index in [9.17, 15) is 4.79 Å². The molecule has 1 aliphatic heterocycles. The number of aryl methyl sites for hydroxylation is 1. The molecule has 5 nitrogen and oxygen atoms in total. The Labute approximate surface area is 109 Å².